The molecule has 5 nitrogen and oxygen atoms in total. The standard InChI is InChI=1S/C32H41NO4/c1-17-7-12-23-24-25(19(3)14-29(23,5)13-17)30(6)15-18(2)20(4)26-31(37,16-21-8-10-22(34)11-9-21)33-28(36)32(26,30)27(24)35/h8-11,14-15,17,20,23-26,34,37H,7,12-13,16H2,1-6H3,(H,33,36)/t17-,20+,23-,24-,25+,26-,29-,30+,31+,32-/m1/s1. The molecule has 1 aromatic carbocycles. The van der Waals surface area contributed by atoms with Crippen molar-refractivity contribution in [2.45, 2.75) is 73.0 Å². The van der Waals surface area contributed by atoms with Crippen molar-refractivity contribution < 1.29 is 19.8 Å². The van der Waals surface area contributed by atoms with Crippen molar-refractivity contribution in [1.29, 1.82) is 0 Å². The van der Waals surface area contributed by atoms with E-state index in [0.29, 0.717) is 5.92 Å². The number of carbonyl (C=O) groups is 2. The third-order valence-corrected chi connectivity index (χ3v) is 11.5. The van der Waals surface area contributed by atoms with E-state index < -0.39 is 22.5 Å². The normalized spacial score (nSPS) is 48.3. The van der Waals surface area contributed by atoms with Crippen LogP contribution >= 0.6 is 0 Å². The van der Waals surface area contributed by atoms with Gasteiger partial charge in [0.15, 0.2) is 5.78 Å². The predicted octanol–water partition coefficient (Wildman–Crippen LogP) is 5.18. The van der Waals surface area contributed by atoms with Gasteiger partial charge in [-0.05, 0) is 73.5 Å². The van der Waals surface area contributed by atoms with Gasteiger partial charge in [0.25, 0.3) is 0 Å². The lowest BCUT2D eigenvalue weighted by Gasteiger charge is -2.53. The molecule has 10 atom stereocenters. The van der Waals surface area contributed by atoms with Crippen molar-refractivity contribution in [3.63, 3.8) is 0 Å². The molecule has 6 rings (SSSR count). The van der Waals surface area contributed by atoms with E-state index >= 15 is 0 Å². The van der Waals surface area contributed by atoms with E-state index in [1.807, 2.05) is 0 Å². The number of phenols is 1. The summed E-state index contributed by atoms with van der Waals surface area (Å²) in [5.74, 6) is -0.241. The summed E-state index contributed by atoms with van der Waals surface area (Å²) < 4.78 is 0. The number of nitrogens with one attached hydrogen (secondary N) is 1. The maximum atomic E-state index is 15.0. The molecule has 1 amide bonds. The molecule has 37 heavy (non-hydrogen) atoms. The Bertz CT molecular complexity index is 1250. The van der Waals surface area contributed by atoms with E-state index in [1.54, 1.807) is 24.3 Å². The van der Waals surface area contributed by atoms with Crippen LogP contribution in [0.25, 0.3) is 0 Å². The Balaban J connectivity index is 1.54. The van der Waals surface area contributed by atoms with Crippen LogP contribution in [-0.4, -0.2) is 27.6 Å². The molecule has 1 saturated heterocycles. The first-order valence-electron chi connectivity index (χ1n) is 14.0. The van der Waals surface area contributed by atoms with Crippen LogP contribution < -0.4 is 5.32 Å². The molecule has 1 aromatic rings. The number of amides is 1. The van der Waals surface area contributed by atoms with E-state index in [1.165, 1.54) is 5.57 Å². The SMILES string of the molecule is CC1=C[C@@]2(C)[C@H]3C(C)=C[C@@]4(C)C[C@H](C)CC[C@@H]4[C@H]3C(=O)[C@]23C(=O)N[C@](O)(Cc2ccc(O)cc2)[C@H]3[C@H]1C. The van der Waals surface area contributed by atoms with E-state index in [4.69, 9.17) is 0 Å². The number of aliphatic hydroxyl groups is 1. The predicted molar refractivity (Wildman–Crippen MR) is 142 cm³/mol. The third kappa shape index (κ3) is 2.95. The van der Waals surface area contributed by atoms with Crippen LogP contribution in [0.3, 0.4) is 0 Å². The number of carbonyl (C=O) groups excluding carboxylic acids is 2. The van der Waals surface area contributed by atoms with Gasteiger partial charge in [0.05, 0.1) is 0 Å². The average Bonchev–Trinajstić information content (AvgIpc) is 3.16. The van der Waals surface area contributed by atoms with Crippen molar-refractivity contribution in [3.05, 3.63) is 53.1 Å². The summed E-state index contributed by atoms with van der Waals surface area (Å²) in [4.78, 5) is 29.3. The molecule has 198 valence electrons. The minimum absolute atomic E-state index is 0.0433. The molecule has 0 unspecified atom stereocenters. The van der Waals surface area contributed by atoms with Gasteiger partial charge in [0.1, 0.15) is 16.9 Å². The highest BCUT2D eigenvalue weighted by Gasteiger charge is 2.82. The van der Waals surface area contributed by atoms with Gasteiger partial charge in [0.2, 0.25) is 5.91 Å². The zero-order valence-electron chi connectivity index (χ0n) is 23.0. The van der Waals surface area contributed by atoms with Gasteiger partial charge < -0.3 is 15.5 Å². The van der Waals surface area contributed by atoms with Gasteiger partial charge in [-0.25, -0.2) is 0 Å². The average molecular weight is 504 g/mol. The van der Waals surface area contributed by atoms with Crippen molar-refractivity contribution in [3.8, 4) is 5.75 Å². The largest absolute Gasteiger partial charge is 0.508 e. The number of aromatic hydroxyl groups is 1. The number of Topliss-reactive ketones (excluding diaryl/α,β-unsaturated/α-hetero) is 1. The fourth-order valence-electron chi connectivity index (χ4n) is 10.3. The van der Waals surface area contributed by atoms with Crippen molar-refractivity contribution in [2.75, 3.05) is 0 Å². The molecule has 4 aliphatic carbocycles. The van der Waals surface area contributed by atoms with Gasteiger partial charge in [0, 0.05) is 23.7 Å². The maximum Gasteiger partial charge on any atom is 0.237 e. The summed E-state index contributed by atoms with van der Waals surface area (Å²) in [6.45, 7) is 13.1. The lowest BCUT2D eigenvalue weighted by Crippen LogP contribution is -2.57. The molecule has 3 N–H and O–H groups in total. The lowest BCUT2D eigenvalue weighted by molar-refractivity contribution is -0.151. The number of rotatable bonds is 2. The molecular formula is C32H41NO4. The van der Waals surface area contributed by atoms with E-state index in [9.17, 15) is 19.8 Å². The highest BCUT2D eigenvalue weighted by molar-refractivity contribution is 6.13. The van der Waals surface area contributed by atoms with Crippen molar-refractivity contribution in [2.24, 2.45) is 51.8 Å². The van der Waals surface area contributed by atoms with Crippen LogP contribution in [0, 0.1) is 51.8 Å². The fourth-order valence-corrected chi connectivity index (χ4v) is 10.3. The number of phenolic OH excluding ortho intramolecular Hbond substituents is 1. The first kappa shape index (κ1) is 24.9. The number of hydrogen-bond acceptors (Lipinski definition) is 4. The second-order valence-corrected chi connectivity index (χ2v) is 13.7. The molecule has 3 fully saturated rings. The van der Waals surface area contributed by atoms with Gasteiger partial charge in [-0.15, -0.1) is 0 Å². The van der Waals surface area contributed by atoms with Gasteiger partial charge in [-0.2, -0.15) is 0 Å². The highest BCUT2D eigenvalue weighted by atomic mass is 16.3. The summed E-state index contributed by atoms with van der Waals surface area (Å²) in [7, 11) is 0. The Kier molecular flexibility index (Phi) is 5.11. The molecule has 1 spiro atoms. The van der Waals surface area contributed by atoms with Crippen molar-refractivity contribution in [1.82, 2.24) is 5.32 Å². The Morgan fingerprint density at radius 3 is 2.35 bits per heavy atom. The molecular weight excluding hydrogens is 462 g/mol. The molecule has 2 saturated carbocycles. The highest BCUT2D eigenvalue weighted by Crippen LogP contribution is 2.74. The Labute approximate surface area is 220 Å². The molecule has 1 aliphatic heterocycles. The number of ketones is 1. The van der Waals surface area contributed by atoms with Crippen LogP contribution in [0.15, 0.2) is 47.6 Å². The topological polar surface area (TPSA) is 86.6 Å². The van der Waals surface area contributed by atoms with Crippen LogP contribution in [-0.2, 0) is 16.0 Å². The maximum absolute atomic E-state index is 15.0. The van der Waals surface area contributed by atoms with E-state index in [2.05, 4.69) is 59.0 Å². The Morgan fingerprint density at radius 2 is 1.68 bits per heavy atom. The first-order chi connectivity index (χ1) is 17.3. The van der Waals surface area contributed by atoms with Crippen molar-refractivity contribution >= 4 is 11.7 Å². The second-order valence-electron chi connectivity index (χ2n) is 13.7. The van der Waals surface area contributed by atoms with E-state index in [0.717, 1.165) is 30.4 Å². The molecule has 5 aliphatic rings. The lowest BCUT2D eigenvalue weighted by atomic mass is 9.48. The quantitative estimate of drug-likeness (QED) is 0.384. The van der Waals surface area contributed by atoms with Crippen LogP contribution in [0.2, 0.25) is 0 Å². The number of benzene rings is 1. The van der Waals surface area contributed by atoms with E-state index in [-0.39, 0.29) is 52.9 Å². The molecule has 0 radical (unpaired) electrons. The molecule has 0 bridgehead atoms. The Morgan fingerprint density at radius 1 is 1.00 bits per heavy atom. The summed E-state index contributed by atoms with van der Waals surface area (Å²) in [5.41, 5.74) is -0.445. The summed E-state index contributed by atoms with van der Waals surface area (Å²) in [6.07, 6.45) is 8.05. The summed E-state index contributed by atoms with van der Waals surface area (Å²) in [5, 5.41) is 25.0. The molecule has 1 heterocycles. The fraction of sp³-hybridized carbons (Fsp3) is 0.625. The van der Waals surface area contributed by atoms with Crippen LogP contribution in [0.5, 0.6) is 5.75 Å². The zero-order chi connectivity index (χ0) is 26.7. The number of fused-ring (bicyclic) bond motifs is 4. The zero-order valence-corrected chi connectivity index (χ0v) is 23.0. The van der Waals surface area contributed by atoms with Gasteiger partial charge in [-0.3, -0.25) is 9.59 Å². The first-order valence-corrected chi connectivity index (χ1v) is 14.0. The second kappa shape index (κ2) is 7.59. The van der Waals surface area contributed by atoms with Gasteiger partial charge in [-0.1, -0.05) is 69.5 Å². The minimum Gasteiger partial charge on any atom is -0.508 e. The molecule has 5 heteroatoms. The number of allylic oxidation sites excluding steroid dienone is 4. The monoisotopic (exact) mass is 503 g/mol. The smallest absolute Gasteiger partial charge is 0.237 e. The third-order valence-electron chi connectivity index (χ3n) is 11.5. The molecule has 0 aromatic heterocycles. The van der Waals surface area contributed by atoms with Gasteiger partial charge >= 0.3 is 0 Å². The van der Waals surface area contributed by atoms with Crippen LogP contribution in [0.1, 0.15) is 66.4 Å². The summed E-state index contributed by atoms with van der Waals surface area (Å²) >= 11 is 0. The van der Waals surface area contributed by atoms with Crippen LogP contribution in [0.4, 0.5) is 0 Å². The summed E-state index contributed by atoms with van der Waals surface area (Å²) in [6, 6.07) is 6.74. The Hall–Kier alpha value is -2.40. The minimum atomic E-state index is -1.56. The number of hydrogen-bond donors (Lipinski definition) is 3.